The zero-order valence-electron chi connectivity index (χ0n) is 11.5. The van der Waals surface area contributed by atoms with E-state index in [0.717, 1.165) is 11.3 Å². The van der Waals surface area contributed by atoms with Crippen LogP contribution in [0.3, 0.4) is 0 Å². The minimum absolute atomic E-state index is 0.329. The van der Waals surface area contributed by atoms with Crippen LogP contribution in [0.5, 0.6) is 0 Å². The van der Waals surface area contributed by atoms with E-state index in [4.69, 9.17) is 4.74 Å². The van der Waals surface area contributed by atoms with Crippen LogP contribution in [0.25, 0.3) is 0 Å². The van der Waals surface area contributed by atoms with Crippen LogP contribution in [0, 0.1) is 18.8 Å². The third-order valence-electron chi connectivity index (χ3n) is 2.60. The lowest BCUT2D eigenvalue weighted by Gasteiger charge is -2.01. The summed E-state index contributed by atoms with van der Waals surface area (Å²) in [5, 5.41) is 0. The van der Waals surface area contributed by atoms with Gasteiger partial charge in [0.25, 0.3) is 0 Å². The number of ether oxygens (including phenoxy) is 1. The molecule has 0 atom stereocenters. The highest BCUT2D eigenvalue weighted by Crippen LogP contribution is 2.06. The quantitative estimate of drug-likeness (QED) is 0.619. The molecule has 0 amide bonds. The number of nitrogens with zero attached hydrogens (tertiary/aromatic N) is 1. The van der Waals surface area contributed by atoms with E-state index in [1.165, 1.54) is 0 Å². The molecule has 20 heavy (non-hydrogen) atoms. The summed E-state index contributed by atoms with van der Waals surface area (Å²) in [4.78, 5) is 15.9. The molecule has 3 heteroatoms. The number of pyridine rings is 1. The molecule has 1 heterocycles. The molecule has 2 aromatic rings. The van der Waals surface area contributed by atoms with Crippen LogP contribution >= 0.6 is 0 Å². The van der Waals surface area contributed by atoms with Crippen molar-refractivity contribution < 1.29 is 9.53 Å². The lowest BCUT2D eigenvalue weighted by Crippen LogP contribution is -2.04. The van der Waals surface area contributed by atoms with E-state index < -0.39 is 0 Å². The maximum absolute atomic E-state index is 11.6. The summed E-state index contributed by atoms with van der Waals surface area (Å²) < 4.78 is 4.96. The Morgan fingerprint density at radius 2 is 2.00 bits per heavy atom. The van der Waals surface area contributed by atoms with Crippen molar-refractivity contribution in [2.45, 2.75) is 13.8 Å². The summed E-state index contributed by atoms with van der Waals surface area (Å²) in [6, 6.07) is 12.8. The van der Waals surface area contributed by atoms with Crippen LogP contribution in [0.15, 0.2) is 42.5 Å². The molecule has 3 nitrogen and oxygen atoms in total. The highest BCUT2D eigenvalue weighted by Gasteiger charge is 2.05. The highest BCUT2D eigenvalue weighted by molar-refractivity contribution is 5.89. The van der Waals surface area contributed by atoms with Gasteiger partial charge < -0.3 is 4.74 Å². The first kappa shape index (κ1) is 13.8. The van der Waals surface area contributed by atoms with Gasteiger partial charge in [-0.3, -0.25) is 0 Å². The fourth-order valence-corrected chi connectivity index (χ4v) is 1.69. The van der Waals surface area contributed by atoms with Crippen molar-refractivity contribution in [1.82, 2.24) is 4.98 Å². The van der Waals surface area contributed by atoms with Crippen LogP contribution in [0.2, 0.25) is 0 Å². The van der Waals surface area contributed by atoms with Gasteiger partial charge in [0.15, 0.2) is 0 Å². The van der Waals surface area contributed by atoms with Crippen molar-refractivity contribution >= 4 is 5.97 Å². The largest absolute Gasteiger partial charge is 0.462 e. The maximum Gasteiger partial charge on any atom is 0.338 e. The lowest BCUT2D eigenvalue weighted by atomic mass is 10.1. The van der Waals surface area contributed by atoms with Gasteiger partial charge in [-0.15, -0.1) is 0 Å². The second kappa shape index (κ2) is 6.53. The second-order valence-electron chi connectivity index (χ2n) is 4.22. The second-order valence-corrected chi connectivity index (χ2v) is 4.22. The number of rotatable bonds is 2. The fourth-order valence-electron chi connectivity index (χ4n) is 1.69. The number of hydrogen-bond acceptors (Lipinski definition) is 3. The number of aryl methyl sites for hydroxylation is 1. The number of aromatic nitrogens is 1. The zero-order chi connectivity index (χ0) is 14.4. The first-order valence-corrected chi connectivity index (χ1v) is 6.42. The van der Waals surface area contributed by atoms with Gasteiger partial charge in [0, 0.05) is 11.3 Å². The minimum Gasteiger partial charge on any atom is -0.462 e. The molecule has 0 aliphatic heterocycles. The Labute approximate surface area is 118 Å². The fraction of sp³-hybridized carbons (Fsp3) is 0.176. The Morgan fingerprint density at radius 1 is 1.20 bits per heavy atom. The summed E-state index contributed by atoms with van der Waals surface area (Å²) in [5.74, 6) is 5.66. The Kier molecular flexibility index (Phi) is 4.52. The first-order valence-electron chi connectivity index (χ1n) is 6.42. The topological polar surface area (TPSA) is 39.2 Å². The molecule has 0 N–H and O–H groups in total. The van der Waals surface area contributed by atoms with E-state index in [9.17, 15) is 4.79 Å². The van der Waals surface area contributed by atoms with Gasteiger partial charge in [-0.1, -0.05) is 18.1 Å². The predicted octanol–water partition coefficient (Wildman–Crippen LogP) is 2.97. The van der Waals surface area contributed by atoms with Gasteiger partial charge in [-0.2, -0.15) is 0 Å². The van der Waals surface area contributed by atoms with Crippen molar-refractivity contribution in [2.24, 2.45) is 0 Å². The molecule has 0 unspecified atom stereocenters. The average molecular weight is 265 g/mol. The Bertz CT molecular complexity index is 681. The van der Waals surface area contributed by atoms with Crippen molar-refractivity contribution in [3.05, 3.63) is 65.0 Å². The smallest absolute Gasteiger partial charge is 0.338 e. The molecule has 0 saturated heterocycles. The summed E-state index contributed by atoms with van der Waals surface area (Å²) in [6.45, 7) is 4.07. The van der Waals surface area contributed by atoms with Gasteiger partial charge in [0.05, 0.1) is 12.2 Å². The van der Waals surface area contributed by atoms with Crippen molar-refractivity contribution in [2.75, 3.05) is 6.61 Å². The van der Waals surface area contributed by atoms with Crippen LogP contribution in [0.1, 0.15) is 34.2 Å². The van der Waals surface area contributed by atoms with Gasteiger partial charge in [-0.25, -0.2) is 9.78 Å². The highest BCUT2D eigenvalue weighted by atomic mass is 16.5. The average Bonchev–Trinajstić information content (AvgIpc) is 2.46. The molecule has 0 spiro atoms. The van der Waals surface area contributed by atoms with E-state index in [1.54, 1.807) is 25.1 Å². The Morgan fingerprint density at radius 3 is 2.75 bits per heavy atom. The van der Waals surface area contributed by atoms with Gasteiger partial charge in [-0.05, 0) is 50.1 Å². The number of carbonyl (C=O) groups excluding carboxylic acids is 1. The van der Waals surface area contributed by atoms with E-state index in [2.05, 4.69) is 16.8 Å². The van der Waals surface area contributed by atoms with Crippen LogP contribution < -0.4 is 0 Å². The van der Waals surface area contributed by atoms with E-state index >= 15 is 0 Å². The Balaban J connectivity index is 2.23. The van der Waals surface area contributed by atoms with Gasteiger partial charge in [0.2, 0.25) is 0 Å². The van der Waals surface area contributed by atoms with Crippen LogP contribution in [-0.4, -0.2) is 17.6 Å². The standard InChI is InChI=1S/C17H15NO2/c1-3-20-17(19)15-8-5-7-14(12-15)10-11-16-9-4-6-13(2)18-16/h4-9,12H,3H2,1-2H3. The van der Waals surface area contributed by atoms with E-state index in [0.29, 0.717) is 17.9 Å². The third-order valence-corrected chi connectivity index (χ3v) is 2.60. The SMILES string of the molecule is CCOC(=O)c1cccc(C#Cc2cccc(C)n2)c1. The number of esters is 1. The van der Waals surface area contributed by atoms with Crippen molar-refractivity contribution in [3.8, 4) is 11.8 Å². The van der Waals surface area contributed by atoms with E-state index in [1.807, 2.05) is 31.2 Å². The third kappa shape index (κ3) is 3.69. The van der Waals surface area contributed by atoms with Gasteiger partial charge in [0.1, 0.15) is 5.69 Å². The molecule has 2 rings (SSSR count). The molecule has 100 valence electrons. The molecular weight excluding hydrogens is 250 g/mol. The molecule has 0 aliphatic rings. The molecule has 0 radical (unpaired) electrons. The monoisotopic (exact) mass is 265 g/mol. The minimum atomic E-state index is -0.329. The first-order chi connectivity index (χ1) is 9.69. The van der Waals surface area contributed by atoms with Gasteiger partial charge >= 0.3 is 5.97 Å². The number of carbonyl (C=O) groups is 1. The molecule has 0 aliphatic carbocycles. The molecule has 0 fully saturated rings. The number of benzene rings is 1. The van der Waals surface area contributed by atoms with Crippen molar-refractivity contribution in [3.63, 3.8) is 0 Å². The van der Waals surface area contributed by atoms with Crippen molar-refractivity contribution in [1.29, 1.82) is 0 Å². The van der Waals surface area contributed by atoms with Crippen LogP contribution in [-0.2, 0) is 4.74 Å². The summed E-state index contributed by atoms with van der Waals surface area (Å²) in [7, 11) is 0. The zero-order valence-corrected chi connectivity index (χ0v) is 11.5. The molecule has 0 saturated carbocycles. The summed E-state index contributed by atoms with van der Waals surface area (Å²) in [5.41, 5.74) is 2.92. The molecule has 1 aromatic carbocycles. The number of hydrogen-bond donors (Lipinski definition) is 0. The lowest BCUT2D eigenvalue weighted by molar-refractivity contribution is 0.0526. The van der Waals surface area contributed by atoms with Crippen LogP contribution in [0.4, 0.5) is 0 Å². The predicted molar refractivity (Wildman–Crippen MR) is 77.4 cm³/mol. The summed E-state index contributed by atoms with van der Waals surface area (Å²) in [6.07, 6.45) is 0. The summed E-state index contributed by atoms with van der Waals surface area (Å²) >= 11 is 0. The molecule has 1 aromatic heterocycles. The van der Waals surface area contributed by atoms with E-state index in [-0.39, 0.29) is 5.97 Å². The molecular formula is C17H15NO2. The Hall–Kier alpha value is -2.60. The normalized spacial score (nSPS) is 9.50. The maximum atomic E-state index is 11.6. The molecule has 0 bridgehead atoms.